The zero-order valence-corrected chi connectivity index (χ0v) is 16.9. The number of fused-ring (bicyclic) bond motifs is 2. The fourth-order valence-corrected chi connectivity index (χ4v) is 3.87. The summed E-state index contributed by atoms with van der Waals surface area (Å²) in [6.45, 7) is 1.92. The van der Waals surface area contributed by atoms with Crippen LogP contribution in [0.25, 0.3) is 17.2 Å². The first-order valence-electron chi connectivity index (χ1n) is 10.2. The van der Waals surface area contributed by atoms with Crippen LogP contribution < -0.4 is 11.1 Å². The van der Waals surface area contributed by atoms with Crippen molar-refractivity contribution < 1.29 is 9.53 Å². The molecule has 5 rings (SSSR count). The molecule has 1 aromatic carbocycles. The van der Waals surface area contributed by atoms with E-state index in [1.54, 1.807) is 22.7 Å². The van der Waals surface area contributed by atoms with E-state index < -0.39 is 5.91 Å². The van der Waals surface area contributed by atoms with E-state index in [2.05, 4.69) is 22.4 Å². The number of nitrogens with two attached hydrogens (primary N) is 1. The van der Waals surface area contributed by atoms with E-state index in [0.717, 1.165) is 23.5 Å². The number of carbonyl (C=O) groups excluding carboxylic acids is 1. The van der Waals surface area contributed by atoms with E-state index in [-0.39, 0.29) is 0 Å². The van der Waals surface area contributed by atoms with Gasteiger partial charge in [0.2, 0.25) is 0 Å². The number of nitrogens with one attached hydrogen (secondary N) is 1. The molecule has 1 aliphatic heterocycles. The molecule has 0 radical (unpaired) electrons. The molecule has 156 valence electrons. The molecule has 0 spiro atoms. The number of benzene rings is 1. The normalized spacial score (nSPS) is 13.5. The molecule has 31 heavy (non-hydrogen) atoms. The van der Waals surface area contributed by atoms with Crippen LogP contribution >= 0.6 is 0 Å². The van der Waals surface area contributed by atoms with Crippen molar-refractivity contribution in [2.45, 2.75) is 19.4 Å². The highest BCUT2D eigenvalue weighted by molar-refractivity contribution is 5.99. The highest BCUT2D eigenvalue weighted by atomic mass is 16.5. The lowest BCUT2D eigenvalue weighted by atomic mass is 10.1. The molecule has 0 bridgehead atoms. The van der Waals surface area contributed by atoms with E-state index in [4.69, 9.17) is 20.4 Å². The molecule has 1 aliphatic rings. The van der Waals surface area contributed by atoms with Gasteiger partial charge in [-0.25, -0.2) is 15.0 Å². The molecule has 0 saturated heterocycles. The molecule has 0 saturated carbocycles. The maximum atomic E-state index is 11.8. The largest absolute Gasteiger partial charge is 0.381 e. The Labute approximate surface area is 179 Å². The van der Waals surface area contributed by atoms with Crippen LogP contribution in [0.5, 0.6) is 0 Å². The van der Waals surface area contributed by atoms with Gasteiger partial charge >= 0.3 is 0 Å². The van der Waals surface area contributed by atoms with E-state index >= 15 is 0 Å². The minimum Gasteiger partial charge on any atom is -0.381 e. The number of carbonyl (C=O) groups is 1. The van der Waals surface area contributed by atoms with Gasteiger partial charge in [0.25, 0.3) is 5.91 Å². The molecule has 8 heteroatoms. The molecule has 3 N–H and O–H groups in total. The molecular formula is C23H22N6O2. The topological polar surface area (TPSA) is 107 Å². The predicted molar refractivity (Wildman–Crippen MR) is 117 cm³/mol. The quantitative estimate of drug-likeness (QED) is 0.520. The third-order valence-corrected chi connectivity index (χ3v) is 5.41. The fourth-order valence-electron chi connectivity index (χ4n) is 3.87. The second kappa shape index (κ2) is 8.16. The molecular weight excluding hydrogens is 392 g/mol. The van der Waals surface area contributed by atoms with Gasteiger partial charge in [0.1, 0.15) is 5.82 Å². The van der Waals surface area contributed by atoms with Gasteiger partial charge in [-0.15, -0.1) is 0 Å². The summed E-state index contributed by atoms with van der Waals surface area (Å²) >= 11 is 0. The maximum Gasteiger partial charge on any atom is 0.250 e. The van der Waals surface area contributed by atoms with E-state index in [0.29, 0.717) is 48.9 Å². The Kier molecular flexibility index (Phi) is 5.05. The Balaban J connectivity index is 1.59. The van der Waals surface area contributed by atoms with Gasteiger partial charge in [0.05, 0.1) is 36.2 Å². The maximum absolute atomic E-state index is 11.8. The van der Waals surface area contributed by atoms with Gasteiger partial charge in [-0.3, -0.25) is 9.20 Å². The molecule has 4 aromatic rings. The zero-order valence-electron chi connectivity index (χ0n) is 16.9. The number of nitrogens with zero attached hydrogens (tertiary/aromatic N) is 4. The smallest absolute Gasteiger partial charge is 0.250 e. The number of hydrogen-bond acceptors (Lipinski definition) is 6. The van der Waals surface area contributed by atoms with Gasteiger partial charge in [-0.2, -0.15) is 0 Å². The van der Waals surface area contributed by atoms with E-state index in [1.165, 1.54) is 5.56 Å². The Morgan fingerprint density at radius 3 is 2.77 bits per heavy atom. The number of rotatable bonds is 5. The number of anilines is 1. The van der Waals surface area contributed by atoms with Crippen LogP contribution in [0.2, 0.25) is 0 Å². The SMILES string of the molecule is NC(=O)c1cccn2c(-c3nc4c(c(NCc5ccccc5)n3)CCOCC4)ncc12. The minimum atomic E-state index is -0.498. The lowest BCUT2D eigenvalue weighted by Crippen LogP contribution is -2.13. The Morgan fingerprint density at radius 1 is 1.10 bits per heavy atom. The number of aromatic nitrogens is 4. The fraction of sp³-hybridized carbons (Fsp3) is 0.217. The summed E-state index contributed by atoms with van der Waals surface area (Å²) < 4.78 is 7.47. The van der Waals surface area contributed by atoms with Crippen LogP contribution in [0, 0.1) is 0 Å². The van der Waals surface area contributed by atoms with E-state index in [9.17, 15) is 4.79 Å². The molecule has 1 amide bonds. The van der Waals surface area contributed by atoms with Gasteiger partial charge < -0.3 is 15.8 Å². The summed E-state index contributed by atoms with van der Waals surface area (Å²) in [6.07, 6.45) is 4.92. The van der Waals surface area contributed by atoms with Crippen molar-refractivity contribution in [1.29, 1.82) is 0 Å². The van der Waals surface area contributed by atoms with Gasteiger partial charge in [-0.05, 0) is 17.7 Å². The van der Waals surface area contributed by atoms with Crippen molar-refractivity contribution in [1.82, 2.24) is 19.4 Å². The molecule has 8 nitrogen and oxygen atoms in total. The summed E-state index contributed by atoms with van der Waals surface area (Å²) in [4.78, 5) is 26.0. The number of primary amides is 1. The second-order valence-electron chi connectivity index (χ2n) is 7.40. The van der Waals surface area contributed by atoms with E-state index in [1.807, 2.05) is 24.4 Å². The lowest BCUT2D eigenvalue weighted by Gasteiger charge is -2.14. The molecule has 0 aliphatic carbocycles. The second-order valence-corrected chi connectivity index (χ2v) is 7.40. The van der Waals surface area contributed by atoms with Crippen molar-refractivity contribution in [3.05, 3.63) is 77.2 Å². The van der Waals surface area contributed by atoms with Gasteiger partial charge in [-0.1, -0.05) is 30.3 Å². The van der Waals surface area contributed by atoms with Crippen LogP contribution in [0.4, 0.5) is 5.82 Å². The van der Waals surface area contributed by atoms with Crippen molar-refractivity contribution >= 4 is 17.2 Å². The molecule has 0 fully saturated rings. The summed E-state index contributed by atoms with van der Waals surface area (Å²) in [5.41, 5.74) is 9.76. The van der Waals surface area contributed by atoms with Crippen molar-refractivity contribution in [2.75, 3.05) is 18.5 Å². The molecule has 0 atom stereocenters. The van der Waals surface area contributed by atoms with Gasteiger partial charge in [0.15, 0.2) is 11.6 Å². The summed E-state index contributed by atoms with van der Waals surface area (Å²) in [7, 11) is 0. The number of pyridine rings is 1. The predicted octanol–water partition coefficient (Wildman–Crippen LogP) is 2.62. The first-order valence-corrected chi connectivity index (χ1v) is 10.2. The Bertz CT molecular complexity index is 1250. The number of imidazole rings is 1. The highest BCUT2D eigenvalue weighted by Gasteiger charge is 2.20. The monoisotopic (exact) mass is 414 g/mol. The van der Waals surface area contributed by atoms with Crippen LogP contribution in [0.1, 0.15) is 27.2 Å². The van der Waals surface area contributed by atoms with Crippen LogP contribution in [0.15, 0.2) is 54.9 Å². The average Bonchev–Trinajstić information content (AvgIpc) is 3.08. The van der Waals surface area contributed by atoms with Crippen molar-refractivity contribution in [3.63, 3.8) is 0 Å². The van der Waals surface area contributed by atoms with Gasteiger partial charge in [0, 0.05) is 31.1 Å². The number of amides is 1. The first kappa shape index (κ1) is 19.2. The van der Waals surface area contributed by atoms with Crippen LogP contribution in [0.3, 0.4) is 0 Å². The van der Waals surface area contributed by atoms with Crippen LogP contribution in [-0.4, -0.2) is 38.5 Å². The molecule has 4 heterocycles. The average molecular weight is 414 g/mol. The summed E-state index contributed by atoms with van der Waals surface area (Å²) in [5, 5.41) is 3.48. The third kappa shape index (κ3) is 3.73. The Hall–Kier alpha value is -3.78. The molecule has 3 aromatic heterocycles. The summed E-state index contributed by atoms with van der Waals surface area (Å²) in [5.74, 6) is 1.35. The van der Waals surface area contributed by atoms with Crippen molar-refractivity contribution in [2.24, 2.45) is 5.73 Å². The standard InChI is InChI=1S/C23H22N6O2/c24-20(30)17-7-4-10-29-19(17)14-26-23(29)22-27-18-9-12-31-11-8-16(18)21(28-22)25-13-15-5-2-1-3-6-15/h1-7,10,14H,8-9,11-13H2,(H2,24,30)(H,25,27,28). The summed E-state index contributed by atoms with van der Waals surface area (Å²) in [6, 6.07) is 13.6. The zero-order chi connectivity index (χ0) is 21.2. The number of ether oxygens (including phenoxy) is 1. The minimum absolute atomic E-state index is 0.409. The third-order valence-electron chi connectivity index (χ3n) is 5.41. The number of hydrogen-bond donors (Lipinski definition) is 2. The van der Waals surface area contributed by atoms with Crippen LogP contribution in [-0.2, 0) is 24.1 Å². The first-order chi connectivity index (χ1) is 15.2. The lowest BCUT2D eigenvalue weighted by molar-refractivity contribution is 0.100. The molecule has 0 unspecified atom stereocenters. The van der Waals surface area contributed by atoms with Crippen molar-refractivity contribution in [3.8, 4) is 11.6 Å². The highest BCUT2D eigenvalue weighted by Crippen LogP contribution is 2.26. The Morgan fingerprint density at radius 2 is 1.94 bits per heavy atom.